The van der Waals surface area contributed by atoms with E-state index >= 15 is 0 Å². The zero-order valence-corrected chi connectivity index (χ0v) is 13.6. The average Bonchev–Trinajstić information content (AvgIpc) is 2.60. The molecule has 0 saturated heterocycles. The highest BCUT2D eigenvalue weighted by Crippen LogP contribution is 2.25. The van der Waals surface area contributed by atoms with Crippen LogP contribution in [0.3, 0.4) is 0 Å². The summed E-state index contributed by atoms with van der Waals surface area (Å²) in [5.41, 5.74) is 5.17. The second-order valence-corrected chi connectivity index (χ2v) is 5.75. The van der Waals surface area contributed by atoms with Gasteiger partial charge in [0.2, 0.25) is 0 Å². The van der Waals surface area contributed by atoms with E-state index in [2.05, 4.69) is 35.8 Å². The Labute approximate surface area is 137 Å². The molecule has 0 aliphatic heterocycles. The van der Waals surface area contributed by atoms with Crippen molar-refractivity contribution in [1.82, 2.24) is 4.57 Å². The minimum Gasteiger partial charge on any atom is -0.313 e. The molecular formula is C21H21NO. The molecule has 23 heavy (non-hydrogen) atoms. The second kappa shape index (κ2) is 6.66. The molecule has 0 aliphatic carbocycles. The molecule has 0 N–H and O–H groups in total. The van der Waals surface area contributed by atoms with Crippen molar-refractivity contribution in [3.05, 3.63) is 88.2 Å². The van der Waals surface area contributed by atoms with Crippen LogP contribution in [0.4, 0.5) is 0 Å². The topological polar surface area (TPSA) is 22.0 Å². The van der Waals surface area contributed by atoms with Crippen LogP contribution in [0.15, 0.2) is 71.5 Å². The highest BCUT2D eigenvalue weighted by atomic mass is 16.1. The molecule has 0 saturated carbocycles. The van der Waals surface area contributed by atoms with E-state index in [0.29, 0.717) is 0 Å². The van der Waals surface area contributed by atoms with Crippen LogP contribution >= 0.6 is 0 Å². The molecular weight excluding hydrogens is 282 g/mol. The molecule has 0 radical (unpaired) electrons. The Kier molecular flexibility index (Phi) is 4.42. The molecule has 2 aromatic carbocycles. The van der Waals surface area contributed by atoms with Gasteiger partial charge < -0.3 is 4.57 Å². The standard InChI is InChI=1S/C21H21NO/c1-3-10-19-16(2)21(23)15-20(17-11-6-4-7-12-17)22(19)18-13-8-5-9-14-18/h4-9,11-15H,3,10H2,1-2H3. The van der Waals surface area contributed by atoms with Crippen LogP contribution in [-0.4, -0.2) is 4.57 Å². The lowest BCUT2D eigenvalue weighted by Gasteiger charge is -2.21. The predicted molar refractivity (Wildman–Crippen MR) is 96.2 cm³/mol. The SMILES string of the molecule is CCCc1c(C)c(=O)cc(-c2ccccc2)n1-c1ccccc1. The maximum atomic E-state index is 12.5. The summed E-state index contributed by atoms with van der Waals surface area (Å²) in [4.78, 5) is 12.5. The quantitative estimate of drug-likeness (QED) is 0.681. The van der Waals surface area contributed by atoms with Gasteiger partial charge in [-0.1, -0.05) is 61.9 Å². The largest absolute Gasteiger partial charge is 0.313 e. The van der Waals surface area contributed by atoms with E-state index in [-0.39, 0.29) is 5.43 Å². The van der Waals surface area contributed by atoms with E-state index < -0.39 is 0 Å². The number of para-hydroxylation sites is 1. The Bertz CT molecular complexity index is 848. The van der Waals surface area contributed by atoms with E-state index in [0.717, 1.165) is 41.0 Å². The second-order valence-electron chi connectivity index (χ2n) is 5.75. The van der Waals surface area contributed by atoms with Crippen molar-refractivity contribution >= 4 is 0 Å². The molecule has 116 valence electrons. The summed E-state index contributed by atoms with van der Waals surface area (Å²) in [5.74, 6) is 0. The Morgan fingerprint density at radius 3 is 2.13 bits per heavy atom. The molecule has 0 bridgehead atoms. The summed E-state index contributed by atoms with van der Waals surface area (Å²) < 4.78 is 2.23. The van der Waals surface area contributed by atoms with Crippen molar-refractivity contribution in [3.8, 4) is 16.9 Å². The van der Waals surface area contributed by atoms with Crippen molar-refractivity contribution < 1.29 is 0 Å². The summed E-state index contributed by atoms with van der Waals surface area (Å²) in [5, 5.41) is 0. The Morgan fingerprint density at radius 1 is 0.913 bits per heavy atom. The molecule has 2 nitrogen and oxygen atoms in total. The van der Waals surface area contributed by atoms with Crippen LogP contribution < -0.4 is 5.43 Å². The number of hydrogen-bond donors (Lipinski definition) is 0. The fraction of sp³-hybridized carbons (Fsp3) is 0.190. The van der Waals surface area contributed by atoms with Gasteiger partial charge in [-0.15, -0.1) is 0 Å². The van der Waals surface area contributed by atoms with Gasteiger partial charge in [-0.2, -0.15) is 0 Å². The Balaban J connectivity index is 2.37. The molecule has 3 rings (SSSR count). The summed E-state index contributed by atoms with van der Waals surface area (Å²) in [6, 6.07) is 22.2. The van der Waals surface area contributed by atoms with Gasteiger partial charge in [-0.05, 0) is 31.0 Å². The van der Waals surface area contributed by atoms with Gasteiger partial charge in [0.25, 0.3) is 0 Å². The third-order valence-electron chi connectivity index (χ3n) is 4.15. The number of nitrogens with zero attached hydrogens (tertiary/aromatic N) is 1. The van der Waals surface area contributed by atoms with Crippen molar-refractivity contribution in [2.75, 3.05) is 0 Å². The summed E-state index contributed by atoms with van der Waals surface area (Å²) in [6.07, 6.45) is 1.89. The smallest absolute Gasteiger partial charge is 0.185 e. The van der Waals surface area contributed by atoms with Gasteiger partial charge in [0, 0.05) is 23.0 Å². The minimum absolute atomic E-state index is 0.111. The fourth-order valence-corrected chi connectivity index (χ4v) is 2.98. The first-order valence-corrected chi connectivity index (χ1v) is 8.08. The van der Waals surface area contributed by atoms with Gasteiger partial charge in [0.1, 0.15) is 0 Å². The van der Waals surface area contributed by atoms with E-state index in [1.165, 1.54) is 0 Å². The first kappa shape index (κ1) is 15.3. The third kappa shape index (κ3) is 2.98. The van der Waals surface area contributed by atoms with E-state index in [4.69, 9.17) is 0 Å². The molecule has 0 amide bonds. The maximum absolute atomic E-state index is 12.5. The van der Waals surface area contributed by atoms with E-state index in [1.807, 2.05) is 43.3 Å². The van der Waals surface area contributed by atoms with Gasteiger partial charge in [0.05, 0.1) is 5.69 Å². The van der Waals surface area contributed by atoms with Crippen LogP contribution in [0.1, 0.15) is 24.6 Å². The summed E-state index contributed by atoms with van der Waals surface area (Å²) >= 11 is 0. The molecule has 0 aliphatic rings. The van der Waals surface area contributed by atoms with Crippen molar-refractivity contribution in [2.45, 2.75) is 26.7 Å². The number of hydrogen-bond acceptors (Lipinski definition) is 1. The highest BCUT2D eigenvalue weighted by Gasteiger charge is 2.14. The highest BCUT2D eigenvalue weighted by molar-refractivity contribution is 5.63. The number of benzene rings is 2. The molecule has 1 heterocycles. The summed E-state index contributed by atoms with van der Waals surface area (Å²) in [7, 11) is 0. The van der Waals surface area contributed by atoms with Gasteiger partial charge in [0.15, 0.2) is 5.43 Å². The minimum atomic E-state index is 0.111. The number of aromatic nitrogens is 1. The van der Waals surface area contributed by atoms with Crippen LogP contribution in [0.5, 0.6) is 0 Å². The number of pyridine rings is 1. The lowest BCUT2D eigenvalue weighted by Crippen LogP contribution is -2.18. The van der Waals surface area contributed by atoms with E-state index in [9.17, 15) is 4.79 Å². The number of rotatable bonds is 4. The monoisotopic (exact) mass is 303 g/mol. The zero-order chi connectivity index (χ0) is 16.2. The molecule has 2 heteroatoms. The Morgan fingerprint density at radius 2 is 1.52 bits per heavy atom. The van der Waals surface area contributed by atoms with Gasteiger partial charge in [-0.3, -0.25) is 4.79 Å². The normalized spacial score (nSPS) is 10.7. The lowest BCUT2D eigenvalue weighted by molar-refractivity contribution is 0.816. The first-order chi connectivity index (χ1) is 11.2. The van der Waals surface area contributed by atoms with Crippen LogP contribution in [0.25, 0.3) is 16.9 Å². The summed E-state index contributed by atoms with van der Waals surface area (Å²) in [6.45, 7) is 4.08. The maximum Gasteiger partial charge on any atom is 0.185 e. The predicted octanol–water partition coefficient (Wildman–Crippen LogP) is 4.77. The van der Waals surface area contributed by atoms with Crippen molar-refractivity contribution in [3.63, 3.8) is 0 Å². The van der Waals surface area contributed by atoms with Crippen LogP contribution in [-0.2, 0) is 6.42 Å². The van der Waals surface area contributed by atoms with Crippen molar-refractivity contribution in [1.29, 1.82) is 0 Å². The van der Waals surface area contributed by atoms with Gasteiger partial charge in [-0.25, -0.2) is 0 Å². The van der Waals surface area contributed by atoms with Crippen LogP contribution in [0.2, 0.25) is 0 Å². The fourth-order valence-electron chi connectivity index (χ4n) is 2.98. The first-order valence-electron chi connectivity index (χ1n) is 8.08. The Hall–Kier alpha value is -2.61. The zero-order valence-electron chi connectivity index (χ0n) is 13.6. The van der Waals surface area contributed by atoms with Crippen LogP contribution in [0, 0.1) is 6.92 Å². The third-order valence-corrected chi connectivity index (χ3v) is 4.15. The molecule has 3 aromatic rings. The molecule has 0 fully saturated rings. The molecule has 0 atom stereocenters. The molecule has 1 aromatic heterocycles. The van der Waals surface area contributed by atoms with Crippen molar-refractivity contribution in [2.24, 2.45) is 0 Å². The lowest BCUT2D eigenvalue weighted by atomic mass is 10.0. The molecule has 0 unspecified atom stereocenters. The molecule has 0 spiro atoms. The van der Waals surface area contributed by atoms with Gasteiger partial charge >= 0.3 is 0 Å². The average molecular weight is 303 g/mol. The van der Waals surface area contributed by atoms with E-state index in [1.54, 1.807) is 6.07 Å².